The molecule has 0 aliphatic carbocycles. The van der Waals surface area contributed by atoms with E-state index < -0.39 is 0 Å². The fraction of sp³-hybridized carbons (Fsp3) is 0.400. The molecule has 1 unspecified atom stereocenters. The van der Waals surface area contributed by atoms with Gasteiger partial charge in [0.2, 0.25) is 5.95 Å². The van der Waals surface area contributed by atoms with Gasteiger partial charge < -0.3 is 30.0 Å². The number of piperazine rings is 1. The molecule has 5 rings (SSSR count). The third-order valence-electron chi connectivity index (χ3n) is 7.72. The van der Waals surface area contributed by atoms with E-state index in [2.05, 4.69) is 27.1 Å². The number of likely N-dealkylation sites (N-methyl/N-ethyl adjacent to an activating group) is 1. The van der Waals surface area contributed by atoms with Crippen LogP contribution in [0.3, 0.4) is 0 Å². The smallest absolute Gasteiger partial charge is 0.253 e. The standard InChI is InChI=1S/C30H37N7O3/c1-5-20-18-37(24-8-6-7-21(16-24)29(40)34(2)3)28-25(27(20)39)17-31-30(33-28)32-23-9-10-26(22(15-23)19-38)36-13-11-35(4)12-14-36/h6-10,15-17,20,38H,5,11-14,18-19H2,1-4H3,(H,31,32,33). The highest BCUT2D eigenvalue weighted by molar-refractivity contribution is 6.05. The zero-order valence-electron chi connectivity index (χ0n) is 23.6. The number of anilines is 5. The van der Waals surface area contributed by atoms with Gasteiger partial charge in [0.15, 0.2) is 5.78 Å². The average molecular weight is 544 g/mol. The normalized spacial score (nSPS) is 17.5. The molecule has 1 saturated heterocycles. The van der Waals surface area contributed by atoms with Crippen LogP contribution in [0.4, 0.5) is 28.8 Å². The summed E-state index contributed by atoms with van der Waals surface area (Å²) in [5.41, 5.74) is 4.44. The van der Waals surface area contributed by atoms with Crippen LogP contribution in [0.5, 0.6) is 0 Å². The van der Waals surface area contributed by atoms with Crippen molar-refractivity contribution in [3.63, 3.8) is 0 Å². The fourth-order valence-electron chi connectivity index (χ4n) is 5.30. The van der Waals surface area contributed by atoms with Crippen LogP contribution in [-0.2, 0) is 6.61 Å². The van der Waals surface area contributed by atoms with Gasteiger partial charge in [0.25, 0.3) is 5.91 Å². The van der Waals surface area contributed by atoms with Crippen LogP contribution in [0.2, 0.25) is 0 Å². The van der Waals surface area contributed by atoms with Gasteiger partial charge in [0.05, 0.1) is 12.2 Å². The third-order valence-corrected chi connectivity index (χ3v) is 7.72. The Kier molecular flexibility index (Phi) is 7.99. The number of amides is 1. The largest absolute Gasteiger partial charge is 0.392 e. The first-order valence-electron chi connectivity index (χ1n) is 13.7. The molecule has 0 radical (unpaired) electrons. The summed E-state index contributed by atoms with van der Waals surface area (Å²) >= 11 is 0. The van der Waals surface area contributed by atoms with E-state index in [1.165, 1.54) is 0 Å². The first-order valence-corrected chi connectivity index (χ1v) is 13.7. The second kappa shape index (κ2) is 11.6. The summed E-state index contributed by atoms with van der Waals surface area (Å²) < 4.78 is 0. The molecule has 10 heteroatoms. The maximum atomic E-state index is 13.2. The number of benzene rings is 2. The Balaban J connectivity index is 1.46. The van der Waals surface area contributed by atoms with Crippen molar-refractivity contribution in [3.8, 4) is 0 Å². The van der Waals surface area contributed by atoms with Gasteiger partial charge in [-0.05, 0) is 49.9 Å². The highest BCUT2D eigenvalue weighted by Crippen LogP contribution is 2.36. The lowest BCUT2D eigenvalue weighted by atomic mass is 9.91. The van der Waals surface area contributed by atoms with Gasteiger partial charge in [0, 0.05) is 87.1 Å². The molecular formula is C30H37N7O3. The van der Waals surface area contributed by atoms with E-state index in [4.69, 9.17) is 4.98 Å². The number of ketones is 1. The second-order valence-corrected chi connectivity index (χ2v) is 10.7. The Hall–Kier alpha value is -4.02. The van der Waals surface area contributed by atoms with E-state index in [-0.39, 0.29) is 24.2 Å². The first-order chi connectivity index (χ1) is 19.3. The van der Waals surface area contributed by atoms with Crippen molar-refractivity contribution in [1.29, 1.82) is 0 Å². The maximum absolute atomic E-state index is 13.2. The van der Waals surface area contributed by atoms with E-state index >= 15 is 0 Å². The first kappa shape index (κ1) is 27.5. The van der Waals surface area contributed by atoms with Gasteiger partial charge >= 0.3 is 0 Å². The Morgan fingerprint density at radius 3 is 2.60 bits per heavy atom. The van der Waals surface area contributed by atoms with E-state index in [0.29, 0.717) is 35.9 Å². The third kappa shape index (κ3) is 5.50. The van der Waals surface area contributed by atoms with Gasteiger partial charge in [0.1, 0.15) is 5.82 Å². The quantitative estimate of drug-likeness (QED) is 0.463. The molecule has 40 heavy (non-hydrogen) atoms. The van der Waals surface area contributed by atoms with Crippen molar-refractivity contribution < 1.29 is 14.7 Å². The lowest BCUT2D eigenvalue weighted by molar-refractivity contribution is 0.0826. The lowest BCUT2D eigenvalue weighted by Crippen LogP contribution is -2.44. The van der Waals surface area contributed by atoms with Crippen molar-refractivity contribution in [1.82, 2.24) is 19.8 Å². The number of Topliss-reactive ketones (excluding diaryl/α,β-unsaturated/α-hetero) is 1. The minimum absolute atomic E-state index is 0.0277. The van der Waals surface area contributed by atoms with Crippen LogP contribution in [0.25, 0.3) is 0 Å². The minimum atomic E-state index is -0.197. The molecule has 3 heterocycles. The monoisotopic (exact) mass is 543 g/mol. The highest BCUT2D eigenvalue weighted by atomic mass is 16.3. The number of carbonyl (C=O) groups is 2. The summed E-state index contributed by atoms with van der Waals surface area (Å²) in [7, 11) is 5.57. The van der Waals surface area contributed by atoms with Crippen molar-refractivity contribution in [2.24, 2.45) is 5.92 Å². The van der Waals surface area contributed by atoms with E-state index in [1.807, 2.05) is 48.2 Å². The summed E-state index contributed by atoms with van der Waals surface area (Å²) in [6, 6.07) is 13.3. The molecule has 1 atom stereocenters. The molecule has 1 amide bonds. The Morgan fingerprint density at radius 1 is 1.12 bits per heavy atom. The van der Waals surface area contributed by atoms with Crippen molar-refractivity contribution in [2.75, 3.05) is 69.0 Å². The molecule has 3 aromatic rings. The summed E-state index contributed by atoms with van der Waals surface area (Å²) in [6.07, 6.45) is 2.27. The average Bonchev–Trinajstić information content (AvgIpc) is 2.97. The maximum Gasteiger partial charge on any atom is 0.253 e. The number of aliphatic hydroxyl groups is 1. The van der Waals surface area contributed by atoms with Crippen LogP contribution >= 0.6 is 0 Å². The number of hydrogen-bond donors (Lipinski definition) is 2. The summed E-state index contributed by atoms with van der Waals surface area (Å²) in [6.45, 7) is 6.17. The molecule has 2 aliphatic heterocycles. The van der Waals surface area contributed by atoms with E-state index in [0.717, 1.165) is 48.8 Å². The number of nitrogens with zero attached hydrogens (tertiary/aromatic N) is 6. The van der Waals surface area contributed by atoms with Gasteiger partial charge in [-0.3, -0.25) is 9.59 Å². The van der Waals surface area contributed by atoms with Crippen LogP contribution in [-0.4, -0.2) is 90.4 Å². The molecule has 10 nitrogen and oxygen atoms in total. The highest BCUT2D eigenvalue weighted by Gasteiger charge is 2.34. The van der Waals surface area contributed by atoms with Gasteiger partial charge in [-0.25, -0.2) is 4.98 Å². The zero-order chi connectivity index (χ0) is 28.4. The molecule has 2 aromatic carbocycles. The number of hydrogen-bond acceptors (Lipinski definition) is 9. The molecule has 2 N–H and O–H groups in total. The molecule has 1 fully saturated rings. The summed E-state index contributed by atoms with van der Waals surface area (Å²) in [5, 5.41) is 13.4. The number of aliphatic hydroxyl groups excluding tert-OH is 1. The Morgan fingerprint density at radius 2 is 1.90 bits per heavy atom. The molecule has 0 bridgehead atoms. The number of nitrogens with one attached hydrogen (secondary N) is 1. The van der Waals surface area contributed by atoms with Crippen LogP contribution in [0, 0.1) is 5.92 Å². The molecule has 0 saturated carbocycles. The zero-order valence-corrected chi connectivity index (χ0v) is 23.6. The molecule has 210 valence electrons. The van der Waals surface area contributed by atoms with Gasteiger partial charge in [-0.2, -0.15) is 4.98 Å². The predicted molar refractivity (Wildman–Crippen MR) is 157 cm³/mol. The molecular weight excluding hydrogens is 506 g/mol. The van der Waals surface area contributed by atoms with Crippen LogP contribution in [0.1, 0.15) is 39.6 Å². The minimum Gasteiger partial charge on any atom is -0.392 e. The van der Waals surface area contributed by atoms with Crippen LogP contribution in [0.15, 0.2) is 48.7 Å². The second-order valence-electron chi connectivity index (χ2n) is 10.7. The Bertz CT molecular complexity index is 1400. The van der Waals surface area contributed by atoms with Gasteiger partial charge in [-0.15, -0.1) is 0 Å². The summed E-state index contributed by atoms with van der Waals surface area (Å²) in [5.74, 6) is 0.602. The molecule has 0 spiro atoms. The van der Waals surface area contributed by atoms with Crippen LogP contribution < -0.4 is 15.1 Å². The summed E-state index contributed by atoms with van der Waals surface area (Å²) in [4.78, 5) is 43.3. The van der Waals surface area contributed by atoms with Gasteiger partial charge in [-0.1, -0.05) is 13.0 Å². The van der Waals surface area contributed by atoms with Crippen molar-refractivity contribution in [2.45, 2.75) is 20.0 Å². The fourth-order valence-corrected chi connectivity index (χ4v) is 5.30. The molecule has 2 aliphatic rings. The van der Waals surface area contributed by atoms with E-state index in [9.17, 15) is 14.7 Å². The van der Waals surface area contributed by atoms with Crippen molar-refractivity contribution in [3.05, 3.63) is 65.4 Å². The molecule has 1 aromatic heterocycles. The number of aromatic nitrogens is 2. The lowest BCUT2D eigenvalue weighted by Gasteiger charge is -2.35. The number of carbonyl (C=O) groups excluding carboxylic acids is 2. The topological polar surface area (TPSA) is 105 Å². The number of fused-ring (bicyclic) bond motifs is 1. The Labute approximate surface area is 235 Å². The predicted octanol–water partition coefficient (Wildman–Crippen LogP) is 3.53. The SMILES string of the molecule is CCC1CN(c2cccc(C(=O)N(C)C)c2)c2nc(Nc3ccc(N4CCN(C)CC4)c(CO)c3)ncc2C1=O. The van der Waals surface area contributed by atoms with E-state index in [1.54, 1.807) is 31.3 Å². The number of rotatable bonds is 7. The van der Waals surface area contributed by atoms with Crippen molar-refractivity contribution >= 4 is 40.5 Å².